The zero-order valence-electron chi connectivity index (χ0n) is 17.9. The standard InChI is InChI=1S/C24H28O4S/c1-7-27-24(26)22-16(4)14-19(23(17(22)5)28-15(2)3)10-13-21(25)18-8-11-20(29-6)12-9-18/h8-15H,7H2,1-6H3. The highest BCUT2D eigenvalue weighted by atomic mass is 32.2. The van der Waals surface area contributed by atoms with E-state index in [9.17, 15) is 9.59 Å². The number of esters is 1. The third kappa shape index (κ3) is 5.73. The van der Waals surface area contributed by atoms with Crippen LogP contribution in [0.4, 0.5) is 0 Å². The van der Waals surface area contributed by atoms with Crippen molar-refractivity contribution in [2.45, 2.75) is 45.6 Å². The van der Waals surface area contributed by atoms with Gasteiger partial charge in [-0.1, -0.05) is 0 Å². The summed E-state index contributed by atoms with van der Waals surface area (Å²) in [5, 5.41) is 0. The molecule has 154 valence electrons. The molecular formula is C24H28O4S. The Morgan fingerprint density at radius 3 is 2.34 bits per heavy atom. The van der Waals surface area contributed by atoms with Gasteiger partial charge < -0.3 is 9.47 Å². The molecular weight excluding hydrogens is 384 g/mol. The Labute approximate surface area is 177 Å². The van der Waals surface area contributed by atoms with Gasteiger partial charge in [-0.2, -0.15) is 0 Å². The van der Waals surface area contributed by atoms with Gasteiger partial charge in [0.2, 0.25) is 0 Å². The fourth-order valence-corrected chi connectivity index (χ4v) is 3.46. The van der Waals surface area contributed by atoms with Crippen molar-refractivity contribution in [2.24, 2.45) is 0 Å². The third-order valence-corrected chi connectivity index (χ3v) is 5.11. The summed E-state index contributed by atoms with van der Waals surface area (Å²) in [5.41, 5.74) is 3.40. The lowest BCUT2D eigenvalue weighted by Crippen LogP contribution is -2.14. The molecule has 4 nitrogen and oxygen atoms in total. The molecule has 0 saturated carbocycles. The summed E-state index contributed by atoms with van der Waals surface area (Å²) < 4.78 is 11.2. The van der Waals surface area contributed by atoms with Gasteiger partial charge in [-0.3, -0.25) is 4.79 Å². The molecule has 0 spiro atoms. The van der Waals surface area contributed by atoms with Crippen molar-refractivity contribution in [1.29, 1.82) is 0 Å². The number of rotatable bonds is 8. The van der Waals surface area contributed by atoms with E-state index < -0.39 is 0 Å². The highest BCUT2D eigenvalue weighted by Crippen LogP contribution is 2.32. The maximum Gasteiger partial charge on any atom is 0.338 e. The second-order valence-electron chi connectivity index (χ2n) is 6.92. The normalized spacial score (nSPS) is 11.1. The Bertz CT molecular complexity index is 911. The maximum absolute atomic E-state index is 12.6. The van der Waals surface area contributed by atoms with Crippen molar-refractivity contribution in [2.75, 3.05) is 12.9 Å². The van der Waals surface area contributed by atoms with Crippen molar-refractivity contribution in [3.63, 3.8) is 0 Å². The van der Waals surface area contributed by atoms with Crippen LogP contribution in [-0.2, 0) is 4.74 Å². The lowest BCUT2D eigenvalue weighted by molar-refractivity contribution is 0.0523. The minimum atomic E-state index is -0.364. The predicted molar refractivity (Wildman–Crippen MR) is 119 cm³/mol. The van der Waals surface area contributed by atoms with Crippen LogP contribution in [0.5, 0.6) is 5.75 Å². The summed E-state index contributed by atoms with van der Waals surface area (Å²) in [5.74, 6) is 0.143. The zero-order chi connectivity index (χ0) is 21.6. The van der Waals surface area contributed by atoms with Crippen LogP contribution in [0.25, 0.3) is 6.08 Å². The number of carbonyl (C=O) groups excluding carboxylic acids is 2. The van der Waals surface area contributed by atoms with Gasteiger partial charge in [-0.05, 0) is 88.9 Å². The highest BCUT2D eigenvalue weighted by molar-refractivity contribution is 7.98. The first kappa shape index (κ1) is 22.8. The van der Waals surface area contributed by atoms with E-state index in [1.807, 2.05) is 64.3 Å². The quantitative estimate of drug-likeness (QED) is 0.234. The number of hydrogen-bond acceptors (Lipinski definition) is 5. The molecule has 0 aliphatic carbocycles. The molecule has 2 aromatic carbocycles. The molecule has 0 aromatic heterocycles. The fourth-order valence-electron chi connectivity index (χ4n) is 3.05. The van der Waals surface area contributed by atoms with E-state index in [2.05, 4.69) is 0 Å². The molecule has 0 N–H and O–H groups in total. The van der Waals surface area contributed by atoms with Crippen molar-refractivity contribution in [1.82, 2.24) is 0 Å². The third-order valence-electron chi connectivity index (χ3n) is 4.37. The van der Waals surface area contributed by atoms with Gasteiger partial charge >= 0.3 is 5.97 Å². The van der Waals surface area contributed by atoms with E-state index in [4.69, 9.17) is 9.47 Å². The largest absolute Gasteiger partial charge is 0.490 e. The Morgan fingerprint density at radius 2 is 1.79 bits per heavy atom. The number of aryl methyl sites for hydroxylation is 1. The number of hydrogen-bond donors (Lipinski definition) is 0. The molecule has 0 atom stereocenters. The molecule has 0 fully saturated rings. The molecule has 0 heterocycles. The zero-order valence-corrected chi connectivity index (χ0v) is 18.7. The molecule has 0 amide bonds. The van der Waals surface area contributed by atoms with Crippen LogP contribution in [0, 0.1) is 13.8 Å². The topological polar surface area (TPSA) is 52.6 Å². The number of benzene rings is 2. The Hall–Kier alpha value is -2.53. The second kappa shape index (κ2) is 10.3. The molecule has 0 saturated heterocycles. The van der Waals surface area contributed by atoms with Crippen LogP contribution >= 0.6 is 11.8 Å². The van der Waals surface area contributed by atoms with E-state index in [0.717, 1.165) is 16.0 Å². The summed E-state index contributed by atoms with van der Waals surface area (Å²) in [6.07, 6.45) is 5.21. The fraction of sp³-hybridized carbons (Fsp3) is 0.333. The van der Waals surface area contributed by atoms with Crippen LogP contribution in [0.1, 0.15) is 58.2 Å². The lowest BCUT2D eigenvalue weighted by Gasteiger charge is -2.19. The van der Waals surface area contributed by atoms with Gasteiger partial charge in [-0.25, -0.2) is 4.79 Å². The minimum Gasteiger partial charge on any atom is -0.490 e. The maximum atomic E-state index is 12.6. The van der Waals surface area contributed by atoms with Crippen molar-refractivity contribution in [3.8, 4) is 5.75 Å². The van der Waals surface area contributed by atoms with E-state index in [-0.39, 0.29) is 17.9 Å². The van der Waals surface area contributed by atoms with E-state index in [1.54, 1.807) is 30.8 Å². The smallest absolute Gasteiger partial charge is 0.338 e. The molecule has 2 rings (SSSR count). The minimum absolute atomic E-state index is 0.0756. The molecule has 0 aliphatic rings. The Morgan fingerprint density at radius 1 is 1.14 bits per heavy atom. The average molecular weight is 413 g/mol. The predicted octanol–water partition coefficient (Wildman–Crippen LogP) is 5.89. The first-order chi connectivity index (χ1) is 13.8. The second-order valence-corrected chi connectivity index (χ2v) is 7.80. The average Bonchev–Trinajstić information content (AvgIpc) is 2.68. The van der Waals surface area contributed by atoms with Gasteiger partial charge in [-0.15, -0.1) is 11.8 Å². The molecule has 29 heavy (non-hydrogen) atoms. The van der Waals surface area contributed by atoms with Crippen LogP contribution in [0.2, 0.25) is 0 Å². The van der Waals surface area contributed by atoms with Gasteiger partial charge in [0.25, 0.3) is 0 Å². The SMILES string of the molecule is CCOC(=O)c1c(C)cc(C=CC(=O)c2ccc(SC)cc2)c(OC(C)C)c1C. The van der Waals surface area contributed by atoms with Gasteiger partial charge in [0, 0.05) is 21.6 Å². The Kier molecular flexibility index (Phi) is 8.09. The number of thioether (sulfide) groups is 1. The summed E-state index contributed by atoms with van der Waals surface area (Å²) in [6, 6.07) is 9.37. The molecule has 0 radical (unpaired) electrons. The van der Waals surface area contributed by atoms with Crippen LogP contribution in [-0.4, -0.2) is 30.7 Å². The van der Waals surface area contributed by atoms with Crippen molar-refractivity contribution < 1.29 is 19.1 Å². The molecule has 0 unspecified atom stereocenters. The van der Waals surface area contributed by atoms with Crippen LogP contribution in [0.3, 0.4) is 0 Å². The molecule has 2 aromatic rings. The van der Waals surface area contributed by atoms with Gasteiger partial charge in [0.05, 0.1) is 18.3 Å². The van der Waals surface area contributed by atoms with E-state index in [0.29, 0.717) is 29.0 Å². The van der Waals surface area contributed by atoms with E-state index >= 15 is 0 Å². The highest BCUT2D eigenvalue weighted by Gasteiger charge is 2.20. The number of ether oxygens (including phenoxy) is 2. The molecule has 5 heteroatoms. The Balaban J connectivity index is 2.43. The van der Waals surface area contributed by atoms with Crippen LogP contribution < -0.4 is 4.74 Å². The first-order valence-corrected chi connectivity index (χ1v) is 10.8. The summed E-state index contributed by atoms with van der Waals surface area (Å²) in [7, 11) is 0. The van der Waals surface area contributed by atoms with Crippen molar-refractivity contribution >= 4 is 29.6 Å². The van der Waals surface area contributed by atoms with Gasteiger partial charge in [0.1, 0.15) is 5.75 Å². The first-order valence-electron chi connectivity index (χ1n) is 9.62. The summed E-state index contributed by atoms with van der Waals surface area (Å²) >= 11 is 1.63. The number of carbonyl (C=O) groups is 2. The molecule has 0 aliphatic heterocycles. The summed E-state index contributed by atoms with van der Waals surface area (Å²) in [4.78, 5) is 26.1. The number of allylic oxidation sites excluding steroid dienone is 1. The lowest BCUT2D eigenvalue weighted by atomic mass is 9.97. The van der Waals surface area contributed by atoms with E-state index in [1.165, 1.54) is 0 Å². The van der Waals surface area contributed by atoms with Gasteiger partial charge in [0.15, 0.2) is 5.78 Å². The van der Waals surface area contributed by atoms with Crippen LogP contribution in [0.15, 0.2) is 41.3 Å². The van der Waals surface area contributed by atoms with Crippen molar-refractivity contribution in [3.05, 3.63) is 64.2 Å². The summed E-state index contributed by atoms with van der Waals surface area (Å²) in [6.45, 7) is 9.65. The monoisotopic (exact) mass is 412 g/mol. The molecule has 0 bridgehead atoms. The number of ketones is 1.